The molecule has 2 rings (SSSR count). The number of hydrogen-bond acceptors (Lipinski definition) is 5. The molecule has 1 aliphatic heterocycles. The molecule has 2 heterocycles. The van der Waals surface area contributed by atoms with Crippen molar-refractivity contribution in [3.63, 3.8) is 0 Å². The van der Waals surface area contributed by atoms with E-state index in [4.69, 9.17) is 5.73 Å². The summed E-state index contributed by atoms with van der Waals surface area (Å²) in [6, 6.07) is 0. The predicted octanol–water partition coefficient (Wildman–Crippen LogP) is 0.128. The second-order valence-corrected chi connectivity index (χ2v) is 7.49. The van der Waals surface area contributed by atoms with Crippen LogP contribution in [-0.2, 0) is 17.1 Å². The van der Waals surface area contributed by atoms with Crippen LogP contribution < -0.4 is 5.73 Å². The average Bonchev–Trinajstić information content (AvgIpc) is 2.59. The quantitative estimate of drug-likeness (QED) is 0.830. The number of anilines is 1. The number of thioether (sulfide) groups is 1. The Labute approximate surface area is 105 Å². The first-order valence-corrected chi connectivity index (χ1v) is 7.80. The van der Waals surface area contributed by atoms with E-state index in [0.717, 1.165) is 5.75 Å². The van der Waals surface area contributed by atoms with E-state index >= 15 is 0 Å². The van der Waals surface area contributed by atoms with Crippen molar-refractivity contribution in [1.82, 2.24) is 13.9 Å². The minimum atomic E-state index is -3.52. The highest BCUT2D eigenvalue weighted by Crippen LogP contribution is 2.26. The molecule has 0 aromatic carbocycles. The molecule has 2 N–H and O–H groups in total. The van der Waals surface area contributed by atoms with Gasteiger partial charge in [0.05, 0.1) is 6.33 Å². The average molecular weight is 276 g/mol. The number of hydrogen-bond donors (Lipinski definition) is 1. The zero-order valence-corrected chi connectivity index (χ0v) is 11.5. The van der Waals surface area contributed by atoms with Crippen molar-refractivity contribution in [3.05, 3.63) is 6.33 Å². The lowest BCUT2D eigenvalue weighted by molar-refractivity contribution is 0.420. The Morgan fingerprint density at radius 2 is 2.29 bits per heavy atom. The molecule has 0 saturated carbocycles. The van der Waals surface area contributed by atoms with Gasteiger partial charge in [0, 0.05) is 31.1 Å². The third kappa shape index (κ3) is 2.29. The summed E-state index contributed by atoms with van der Waals surface area (Å²) in [6.45, 7) is 3.08. The summed E-state index contributed by atoms with van der Waals surface area (Å²) in [6.07, 6.45) is 1.42. The summed E-state index contributed by atoms with van der Waals surface area (Å²) in [4.78, 5) is 3.83. The molecule has 0 spiro atoms. The number of nitrogen functional groups attached to an aromatic ring is 1. The number of aromatic nitrogens is 2. The van der Waals surface area contributed by atoms with Crippen LogP contribution in [0.2, 0.25) is 0 Å². The third-order valence-corrected chi connectivity index (χ3v) is 5.83. The number of nitrogens with two attached hydrogens (primary N) is 1. The molecule has 6 nitrogen and oxygen atoms in total. The van der Waals surface area contributed by atoms with Gasteiger partial charge >= 0.3 is 0 Å². The molecule has 1 atom stereocenters. The summed E-state index contributed by atoms with van der Waals surface area (Å²) in [7, 11) is -1.88. The van der Waals surface area contributed by atoms with Gasteiger partial charge in [-0.25, -0.2) is 13.4 Å². The van der Waals surface area contributed by atoms with Crippen molar-refractivity contribution in [2.45, 2.75) is 17.2 Å². The van der Waals surface area contributed by atoms with Crippen LogP contribution in [0.25, 0.3) is 0 Å². The van der Waals surface area contributed by atoms with Gasteiger partial charge in [0.2, 0.25) is 0 Å². The van der Waals surface area contributed by atoms with Gasteiger partial charge in [0.25, 0.3) is 10.0 Å². The van der Waals surface area contributed by atoms with Crippen LogP contribution in [0.15, 0.2) is 11.4 Å². The fraction of sp³-hybridized carbons (Fsp3) is 0.667. The Morgan fingerprint density at radius 1 is 1.59 bits per heavy atom. The van der Waals surface area contributed by atoms with Crippen molar-refractivity contribution < 1.29 is 8.42 Å². The van der Waals surface area contributed by atoms with Gasteiger partial charge in [-0.1, -0.05) is 6.92 Å². The molecule has 1 saturated heterocycles. The number of imidazole rings is 1. The number of sulfonamides is 1. The maximum atomic E-state index is 12.4. The first kappa shape index (κ1) is 12.7. The molecular formula is C9H16N4O2S2. The van der Waals surface area contributed by atoms with Gasteiger partial charge in [-0.2, -0.15) is 16.1 Å². The molecule has 17 heavy (non-hydrogen) atoms. The lowest BCUT2D eigenvalue weighted by atomic mass is 10.4. The number of aryl methyl sites for hydroxylation is 1. The molecule has 1 fully saturated rings. The topological polar surface area (TPSA) is 81.2 Å². The fourth-order valence-electron chi connectivity index (χ4n) is 1.88. The van der Waals surface area contributed by atoms with Gasteiger partial charge in [-0.3, -0.25) is 0 Å². The summed E-state index contributed by atoms with van der Waals surface area (Å²) in [5.74, 6) is 0.886. The molecule has 0 amide bonds. The highest BCUT2D eigenvalue weighted by molar-refractivity contribution is 8.00. The van der Waals surface area contributed by atoms with Crippen LogP contribution in [0.4, 0.5) is 5.82 Å². The van der Waals surface area contributed by atoms with Gasteiger partial charge in [0.15, 0.2) is 10.8 Å². The van der Waals surface area contributed by atoms with E-state index in [9.17, 15) is 8.42 Å². The fourth-order valence-corrected chi connectivity index (χ4v) is 4.83. The second-order valence-electron chi connectivity index (χ2n) is 4.09. The van der Waals surface area contributed by atoms with Crippen molar-refractivity contribution in [2.24, 2.45) is 7.05 Å². The monoisotopic (exact) mass is 276 g/mol. The van der Waals surface area contributed by atoms with E-state index in [1.165, 1.54) is 15.2 Å². The van der Waals surface area contributed by atoms with E-state index in [1.807, 2.05) is 6.92 Å². The Kier molecular flexibility index (Phi) is 3.37. The zero-order chi connectivity index (χ0) is 12.6. The minimum Gasteiger partial charge on any atom is -0.381 e. The van der Waals surface area contributed by atoms with Crippen LogP contribution in [0.3, 0.4) is 0 Å². The summed E-state index contributed by atoms with van der Waals surface area (Å²) in [5, 5.41) is 0.407. The predicted molar refractivity (Wildman–Crippen MR) is 68.3 cm³/mol. The maximum Gasteiger partial charge on any atom is 0.262 e. The van der Waals surface area contributed by atoms with Crippen LogP contribution >= 0.6 is 11.8 Å². The van der Waals surface area contributed by atoms with Crippen LogP contribution in [0.5, 0.6) is 0 Å². The second kappa shape index (κ2) is 4.51. The Hall–Kier alpha value is -0.730. The first-order chi connectivity index (χ1) is 7.93. The molecular weight excluding hydrogens is 260 g/mol. The van der Waals surface area contributed by atoms with Crippen LogP contribution in [-0.4, -0.2) is 46.4 Å². The Balaban J connectivity index is 2.36. The lowest BCUT2D eigenvalue weighted by Crippen LogP contribution is -2.41. The first-order valence-electron chi connectivity index (χ1n) is 5.31. The largest absolute Gasteiger partial charge is 0.381 e. The number of rotatable bonds is 2. The lowest BCUT2D eigenvalue weighted by Gasteiger charge is -2.29. The number of nitrogens with zero attached hydrogens (tertiary/aromatic N) is 3. The van der Waals surface area contributed by atoms with E-state index < -0.39 is 10.0 Å². The van der Waals surface area contributed by atoms with E-state index in [1.54, 1.807) is 18.8 Å². The summed E-state index contributed by atoms with van der Waals surface area (Å²) < 4.78 is 27.8. The molecule has 0 bridgehead atoms. The molecule has 0 aliphatic carbocycles. The molecule has 1 aromatic rings. The molecule has 8 heteroatoms. The third-order valence-electron chi connectivity index (χ3n) is 2.70. The smallest absolute Gasteiger partial charge is 0.262 e. The van der Waals surface area contributed by atoms with Crippen LogP contribution in [0, 0.1) is 0 Å². The van der Waals surface area contributed by atoms with Crippen LogP contribution in [0.1, 0.15) is 6.92 Å². The van der Waals surface area contributed by atoms with Gasteiger partial charge in [0.1, 0.15) is 0 Å². The summed E-state index contributed by atoms with van der Waals surface area (Å²) in [5.41, 5.74) is 5.63. The van der Waals surface area contributed by atoms with Crippen molar-refractivity contribution in [3.8, 4) is 0 Å². The van der Waals surface area contributed by atoms with E-state index in [-0.39, 0.29) is 10.8 Å². The summed E-state index contributed by atoms with van der Waals surface area (Å²) >= 11 is 1.78. The van der Waals surface area contributed by atoms with Crippen molar-refractivity contribution in [1.29, 1.82) is 0 Å². The van der Waals surface area contributed by atoms with Crippen molar-refractivity contribution in [2.75, 3.05) is 24.6 Å². The van der Waals surface area contributed by atoms with Gasteiger partial charge in [-0.15, -0.1) is 0 Å². The zero-order valence-electron chi connectivity index (χ0n) is 9.83. The minimum absolute atomic E-state index is 0.0679. The highest BCUT2D eigenvalue weighted by Gasteiger charge is 2.32. The molecule has 1 unspecified atom stereocenters. The van der Waals surface area contributed by atoms with Gasteiger partial charge in [-0.05, 0) is 0 Å². The van der Waals surface area contributed by atoms with Crippen molar-refractivity contribution >= 4 is 27.6 Å². The molecule has 1 aromatic heterocycles. The normalized spacial score (nSPS) is 22.8. The Morgan fingerprint density at radius 3 is 2.82 bits per heavy atom. The SMILES string of the molecule is CC1CN(S(=O)(=O)c2c(N)ncn2C)CCS1. The maximum absolute atomic E-state index is 12.4. The molecule has 1 aliphatic rings. The highest BCUT2D eigenvalue weighted by atomic mass is 32.2. The molecule has 96 valence electrons. The Bertz CT molecular complexity index is 492. The standard InChI is InChI=1S/C9H16N4O2S2/c1-7-5-13(3-4-16-7)17(14,15)9-8(10)11-6-12(9)2/h6-7H,3-5,10H2,1-2H3. The van der Waals surface area contributed by atoms with E-state index in [0.29, 0.717) is 18.3 Å². The van der Waals surface area contributed by atoms with Gasteiger partial charge < -0.3 is 10.3 Å². The molecule has 0 radical (unpaired) electrons. The van der Waals surface area contributed by atoms with E-state index in [2.05, 4.69) is 4.98 Å².